The molecule has 342 valence electrons. The van der Waals surface area contributed by atoms with Gasteiger partial charge in [0.15, 0.2) is 0 Å². The maximum absolute atomic E-state index is 13.9. The number of likely N-dealkylation sites (tertiary alicyclic amines) is 1. The summed E-state index contributed by atoms with van der Waals surface area (Å²) in [5.74, 6) is 2.00. The lowest BCUT2D eigenvalue weighted by Gasteiger charge is -2.46. The molecule has 0 radical (unpaired) electrons. The first-order valence-corrected chi connectivity index (χ1v) is 26.3. The molecule has 0 aliphatic carbocycles. The number of piperidine rings is 1. The lowest BCUT2D eigenvalue weighted by atomic mass is 9.69. The third-order valence-electron chi connectivity index (χ3n) is 13.5. The van der Waals surface area contributed by atoms with Gasteiger partial charge < -0.3 is 9.64 Å². The molecule has 0 N–H and O–H groups in total. The first kappa shape index (κ1) is 56.4. The SMILES string of the molecule is CCC.CCCCC(CCCC)CCCCCCCCCC(CCCCCCCCCC(CCCC)CCCC)OC(=O)C(C)(C)CC(C)(C)C1CCCCN1C. The predicted octanol–water partition coefficient (Wildman–Crippen LogP) is 18.3. The van der Waals surface area contributed by atoms with Crippen LogP contribution in [-0.4, -0.2) is 36.6 Å². The molecule has 1 heterocycles. The number of hydrogen-bond donors (Lipinski definition) is 0. The van der Waals surface area contributed by atoms with Crippen molar-refractivity contribution in [2.24, 2.45) is 22.7 Å². The number of unbranched alkanes of at least 4 members (excludes halogenated alkanes) is 16. The van der Waals surface area contributed by atoms with Gasteiger partial charge in [0.2, 0.25) is 0 Å². The van der Waals surface area contributed by atoms with Gasteiger partial charge in [-0.2, -0.15) is 0 Å². The van der Waals surface area contributed by atoms with Crippen LogP contribution in [0.4, 0.5) is 0 Å². The largest absolute Gasteiger partial charge is 0.462 e. The number of nitrogens with zero attached hydrogens (tertiary/aromatic N) is 1. The third kappa shape index (κ3) is 30.2. The molecule has 0 aromatic heterocycles. The first-order chi connectivity index (χ1) is 27.4. The molecular formula is C54H109NO2. The second kappa shape index (κ2) is 37.2. The van der Waals surface area contributed by atoms with E-state index in [1.807, 2.05) is 0 Å². The second-order valence-corrected chi connectivity index (χ2v) is 20.7. The van der Waals surface area contributed by atoms with E-state index in [9.17, 15) is 4.79 Å². The Morgan fingerprint density at radius 3 is 1.21 bits per heavy atom. The zero-order valence-corrected chi connectivity index (χ0v) is 41.5. The topological polar surface area (TPSA) is 29.5 Å². The molecule has 1 aliphatic rings. The third-order valence-corrected chi connectivity index (χ3v) is 13.5. The van der Waals surface area contributed by atoms with Gasteiger partial charge in [0.1, 0.15) is 6.10 Å². The van der Waals surface area contributed by atoms with Gasteiger partial charge in [-0.25, -0.2) is 0 Å². The lowest BCUT2D eigenvalue weighted by Crippen LogP contribution is -2.48. The Kier molecular flexibility index (Phi) is 36.8. The van der Waals surface area contributed by atoms with E-state index >= 15 is 0 Å². The smallest absolute Gasteiger partial charge is 0.311 e. The minimum absolute atomic E-state index is 0.0476. The number of esters is 1. The molecule has 1 rings (SSSR count). The van der Waals surface area contributed by atoms with Crippen molar-refractivity contribution >= 4 is 5.97 Å². The fraction of sp³-hybridized carbons (Fsp3) is 0.981. The van der Waals surface area contributed by atoms with E-state index < -0.39 is 5.41 Å². The summed E-state index contributed by atoms with van der Waals surface area (Å²) in [4.78, 5) is 16.4. The molecule has 1 atom stereocenters. The molecule has 0 amide bonds. The summed E-state index contributed by atoms with van der Waals surface area (Å²) in [6, 6.07) is 0.543. The van der Waals surface area contributed by atoms with E-state index in [1.54, 1.807) is 0 Å². The molecule has 0 aromatic carbocycles. The van der Waals surface area contributed by atoms with Gasteiger partial charge >= 0.3 is 5.97 Å². The van der Waals surface area contributed by atoms with Gasteiger partial charge in [-0.1, -0.05) is 235 Å². The summed E-state index contributed by atoms with van der Waals surface area (Å²) in [6.07, 6.45) is 46.8. The summed E-state index contributed by atoms with van der Waals surface area (Å²) in [5.41, 5.74) is -0.372. The fourth-order valence-corrected chi connectivity index (χ4v) is 10.2. The average Bonchev–Trinajstić information content (AvgIpc) is 3.17. The van der Waals surface area contributed by atoms with E-state index in [1.165, 1.54) is 212 Å². The summed E-state index contributed by atoms with van der Waals surface area (Å²) in [6.45, 7) is 23.9. The average molecular weight is 804 g/mol. The molecular weight excluding hydrogens is 695 g/mol. The summed E-state index contributed by atoms with van der Waals surface area (Å²) in [7, 11) is 2.28. The molecule has 1 unspecified atom stereocenters. The highest BCUT2D eigenvalue weighted by Gasteiger charge is 2.42. The normalized spacial score (nSPS) is 15.4. The van der Waals surface area contributed by atoms with E-state index in [0.717, 1.165) is 31.1 Å². The Morgan fingerprint density at radius 2 is 0.860 bits per heavy atom. The van der Waals surface area contributed by atoms with E-state index in [-0.39, 0.29) is 17.5 Å². The molecule has 1 aliphatic heterocycles. The maximum Gasteiger partial charge on any atom is 0.311 e. The number of rotatable bonds is 37. The van der Waals surface area contributed by atoms with Crippen molar-refractivity contribution < 1.29 is 9.53 Å². The Labute approximate surface area is 361 Å². The Morgan fingerprint density at radius 1 is 0.526 bits per heavy atom. The highest BCUT2D eigenvalue weighted by Crippen LogP contribution is 2.42. The number of carbonyl (C=O) groups excluding carboxylic acids is 1. The van der Waals surface area contributed by atoms with Gasteiger partial charge in [-0.05, 0) is 89.6 Å². The van der Waals surface area contributed by atoms with Crippen molar-refractivity contribution in [1.82, 2.24) is 4.90 Å². The van der Waals surface area contributed by atoms with Crippen molar-refractivity contribution in [2.75, 3.05) is 13.6 Å². The van der Waals surface area contributed by atoms with Gasteiger partial charge in [0, 0.05) is 6.04 Å². The number of carbonyl (C=O) groups is 1. The van der Waals surface area contributed by atoms with Crippen LogP contribution in [0.3, 0.4) is 0 Å². The van der Waals surface area contributed by atoms with Crippen LogP contribution in [0.25, 0.3) is 0 Å². The highest BCUT2D eigenvalue weighted by atomic mass is 16.5. The second-order valence-electron chi connectivity index (χ2n) is 20.7. The van der Waals surface area contributed by atoms with Gasteiger partial charge in [0.05, 0.1) is 5.41 Å². The van der Waals surface area contributed by atoms with Crippen molar-refractivity contribution in [1.29, 1.82) is 0 Å². The van der Waals surface area contributed by atoms with E-state index in [2.05, 4.69) is 81.2 Å². The van der Waals surface area contributed by atoms with E-state index in [4.69, 9.17) is 4.74 Å². The van der Waals surface area contributed by atoms with Gasteiger partial charge in [0.25, 0.3) is 0 Å². The van der Waals surface area contributed by atoms with Crippen LogP contribution in [0.5, 0.6) is 0 Å². The Hall–Kier alpha value is -0.570. The monoisotopic (exact) mass is 804 g/mol. The Balaban J connectivity index is 0.0000101. The summed E-state index contributed by atoms with van der Waals surface area (Å²) in [5, 5.41) is 0. The maximum atomic E-state index is 13.9. The van der Waals surface area contributed by atoms with Gasteiger partial charge in [-0.15, -0.1) is 0 Å². The molecule has 1 saturated heterocycles. The van der Waals surface area contributed by atoms with Crippen molar-refractivity contribution in [3.05, 3.63) is 0 Å². The van der Waals surface area contributed by atoms with Crippen molar-refractivity contribution in [3.8, 4) is 0 Å². The molecule has 3 heteroatoms. The standard InChI is InChI=1S/C51H101NO2.C3H8/c1-10-14-34-45(35-15-11-2)38-28-24-20-18-22-26-30-40-47(41-31-27-23-19-21-25-29-39-46(36-16-12-3)37-17-13-4)54-49(53)51(7,8)44-50(5,6)48-42-32-33-43-52(48)9;1-3-2/h45-48H,10-44H2,1-9H3;3H2,1-2H3. The van der Waals surface area contributed by atoms with Gasteiger partial charge in [-0.3, -0.25) is 4.79 Å². The molecule has 0 aromatic rings. The Bertz CT molecular complexity index is 812. The zero-order chi connectivity index (χ0) is 42.6. The van der Waals surface area contributed by atoms with Crippen LogP contribution in [0, 0.1) is 22.7 Å². The van der Waals surface area contributed by atoms with Crippen molar-refractivity contribution in [2.45, 2.75) is 306 Å². The highest BCUT2D eigenvalue weighted by molar-refractivity contribution is 5.76. The quantitative estimate of drug-likeness (QED) is 0.0463. The van der Waals surface area contributed by atoms with Crippen LogP contribution in [0.1, 0.15) is 294 Å². The minimum Gasteiger partial charge on any atom is -0.462 e. The predicted molar refractivity (Wildman–Crippen MR) is 256 cm³/mol. The zero-order valence-electron chi connectivity index (χ0n) is 41.5. The fourth-order valence-electron chi connectivity index (χ4n) is 10.2. The molecule has 57 heavy (non-hydrogen) atoms. The first-order valence-electron chi connectivity index (χ1n) is 26.3. The van der Waals surface area contributed by atoms with Crippen LogP contribution in [0.15, 0.2) is 0 Å². The van der Waals surface area contributed by atoms with Crippen LogP contribution in [0.2, 0.25) is 0 Å². The summed E-state index contributed by atoms with van der Waals surface area (Å²) >= 11 is 0. The van der Waals surface area contributed by atoms with E-state index in [0.29, 0.717) is 6.04 Å². The lowest BCUT2D eigenvalue weighted by molar-refractivity contribution is -0.163. The molecule has 3 nitrogen and oxygen atoms in total. The van der Waals surface area contributed by atoms with Crippen LogP contribution < -0.4 is 0 Å². The number of hydrogen-bond acceptors (Lipinski definition) is 3. The molecule has 1 fully saturated rings. The minimum atomic E-state index is -0.460. The molecule has 0 spiro atoms. The summed E-state index contributed by atoms with van der Waals surface area (Å²) < 4.78 is 6.50. The van der Waals surface area contributed by atoms with Crippen LogP contribution >= 0.6 is 0 Å². The van der Waals surface area contributed by atoms with Crippen molar-refractivity contribution in [3.63, 3.8) is 0 Å². The number of ether oxygens (including phenoxy) is 1. The molecule has 0 saturated carbocycles. The molecule has 0 bridgehead atoms. The van der Waals surface area contributed by atoms with Crippen LogP contribution in [-0.2, 0) is 9.53 Å².